The van der Waals surface area contributed by atoms with E-state index in [2.05, 4.69) is 4.99 Å². The first-order valence-corrected chi connectivity index (χ1v) is 10.7. The van der Waals surface area contributed by atoms with E-state index in [1.807, 2.05) is 0 Å². The van der Waals surface area contributed by atoms with E-state index >= 15 is 0 Å². The molecule has 0 radical (unpaired) electrons. The Balaban J connectivity index is 0.000000891. The van der Waals surface area contributed by atoms with Crippen LogP contribution in [-0.2, 0) is 23.2 Å². The Kier molecular flexibility index (Phi) is 8.23. The molecular weight excluding hydrogens is 405 g/mol. The summed E-state index contributed by atoms with van der Waals surface area (Å²) in [5.74, 6) is -1.08. The Bertz CT molecular complexity index is 723. The summed E-state index contributed by atoms with van der Waals surface area (Å²) in [4.78, 5) is 3.77. The molecule has 0 aliphatic heterocycles. The first-order valence-electron chi connectivity index (χ1n) is 6.36. The zero-order valence-electron chi connectivity index (χ0n) is 12.2. The molecule has 0 atom stereocenters. The predicted molar refractivity (Wildman–Crippen MR) is 83.2 cm³/mol. The van der Waals surface area contributed by atoms with Crippen LogP contribution in [0.2, 0.25) is 0 Å². The number of aliphatic imine (C=N–C) groups is 1. The van der Waals surface area contributed by atoms with Crippen LogP contribution >= 0.6 is 18.6 Å². The summed E-state index contributed by atoms with van der Waals surface area (Å²) in [6.45, 7) is 1.69. The summed E-state index contributed by atoms with van der Waals surface area (Å²) < 4.78 is 50.8. The summed E-state index contributed by atoms with van der Waals surface area (Å²) in [6.07, 6.45) is -3.40. The number of phenols is 1. The number of hydrogen-bond donors (Lipinski definition) is 1. The van der Waals surface area contributed by atoms with Crippen molar-refractivity contribution in [3.8, 4) is 5.75 Å². The van der Waals surface area contributed by atoms with Crippen molar-refractivity contribution in [1.29, 1.82) is 0 Å². The molecule has 0 unspecified atom stereocenters. The summed E-state index contributed by atoms with van der Waals surface area (Å²) in [5, 5.41) is 9.76. The number of para-hydroxylation sites is 1. The number of phenolic OH excluding ortho intramolecular Hbond substituents is 1. The van der Waals surface area contributed by atoms with Gasteiger partial charge in [0.15, 0.2) is 0 Å². The molecule has 0 saturated heterocycles. The number of hydrogen-bond acceptors (Lipinski definition) is 2. The first kappa shape index (κ1) is 21.0. The van der Waals surface area contributed by atoms with Gasteiger partial charge in [-0.2, -0.15) is 13.2 Å². The molecule has 0 saturated carbocycles. The third kappa shape index (κ3) is 6.09. The standard InChI is InChI=1S/C15H11F4NO.2ClH.Ti/c1-9-3-2-4-10(14(9)21)8-20-13-6-5-11(7-12(13)16)15(17,18)19;;;/h2-8,21H,1H3;2*1H;/q;;;+2/p-2. The number of nitrogens with zero attached hydrogens (tertiary/aromatic N) is 1. The van der Waals surface area contributed by atoms with E-state index in [9.17, 15) is 22.7 Å². The van der Waals surface area contributed by atoms with Crippen molar-refractivity contribution in [2.24, 2.45) is 4.99 Å². The predicted octanol–water partition coefficient (Wildman–Crippen LogP) is 5.99. The molecule has 0 spiro atoms. The number of benzene rings is 2. The molecule has 2 nitrogen and oxygen atoms in total. The van der Waals surface area contributed by atoms with Gasteiger partial charge in [-0.15, -0.1) is 0 Å². The van der Waals surface area contributed by atoms with Gasteiger partial charge in [0.1, 0.15) is 11.6 Å². The molecule has 128 valence electrons. The molecule has 0 fully saturated rings. The van der Waals surface area contributed by atoms with E-state index in [0.29, 0.717) is 17.2 Å². The maximum absolute atomic E-state index is 13.6. The van der Waals surface area contributed by atoms with Crippen molar-refractivity contribution in [2.45, 2.75) is 13.1 Å². The fraction of sp³-hybridized carbons (Fsp3) is 0.133. The molecule has 0 amide bonds. The van der Waals surface area contributed by atoms with Crippen LogP contribution in [0.3, 0.4) is 0 Å². The summed E-state index contributed by atoms with van der Waals surface area (Å²) >= 11 is -0.556. The second-order valence-electron chi connectivity index (χ2n) is 4.51. The Morgan fingerprint density at radius 1 is 1.17 bits per heavy atom. The molecule has 0 aliphatic rings. The van der Waals surface area contributed by atoms with Gasteiger partial charge in [-0.25, -0.2) is 4.39 Å². The minimum atomic E-state index is -4.60. The zero-order valence-corrected chi connectivity index (χ0v) is 15.3. The molecule has 2 aromatic rings. The van der Waals surface area contributed by atoms with Crippen LogP contribution in [0.5, 0.6) is 5.75 Å². The Labute approximate surface area is 152 Å². The van der Waals surface area contributed by atoms with Crippen molar-refractivity contribution in [1.82, 2.24) is 0 Å². The third-order valence-electron chi connectivity index (χ3n) is 2.89. The molecular formula is C15H11Cl2F4NOTi. The second-order valence-corrected chi connectivity index (χ2v) is 7.09. The minimum absolute atomic E-state index is 0.00595. The summed E-state index contributed by atoms with van der Waals surface area (Å²) in [6, 6.07) is 7.02. The quantitative estimate of drug-likeness (QED) is 0.365. The van der Waals surface area contributed by atoms with E-state index in [-0.39, 0.29) is 11.4 Å². The van der Waals surface area contributed by atoms with Gasteiger partial charge in [0.25, 0.3) is 0 Å². The zero-order chi connectivity index (χ0) is 18.3. The molecule has 1 N–H and O–H groups in total. The van der Waals surface area contributed by atoms with Crippen molar-refractivity contribution < 1.29 is 39.7 Å². The SMILES string of the molecule is Cc1cccc(C=Nc2ccc(C(F)(F)F)cc2F)c1O.[Cl][Ti][Cl]. The molecule has 2 aromatic carbocycles. The van der Waals surface area contributed by atoms with Crippen LogP contribution in [0.1, 0.15) is 16.7 Å². The molecule has 0 heterocycles. The van der Waals surface area contributed by atoms with Gasteiger partial charge in [-0.1, -0.05) is 12.1 Å². The van der Waals surface area contributed by atoms with Crippen molar-refractivity contribution in [2.75, 3.05) is 0 Å². The van der Waals surface area contributed by atoms with Crippen molar-refractivity contribution >= 4 is 30.5 Å². The Morgan fingerprint density at radius 3 is 2.33 bits per heavy atom. The Morgan fingerprint density at radius 2 is 1.79 bits per heavy atom. The molecule has 0 aliphatic carbocycles. The number of halogens is 6. The van der Waals surface area contributed by atoms with Crippen LogP contribution in [0.25, 0.3) is 0 Å². The normalized spacial score (nSPS) is 11.1. The molecule has 0 aromatic heterocycles. The van der Waals surface area contributed by atoms with Crippen LogP contribution in [0, 0.1) is 12.7 Å². The topological polar surface area (TPSA) is 32.6 Å². The van der Waals surface area contributed by atoms with Crippen LogP contribution in [-0.4, -0.2) is 11.3 Å². The molecule has 2 rings (SSSR count). The fourth-order valence-electron chi connectivity index (χ4n) is 1.71. The van der Waals surface area contributed by atoms with E-state index in [1.54, 1.807) is 25.1 Å². The van der Waals surface area contributed by atoms with Gasteiger partial charge in [0, 0.05) is 11.8 Å². The van der Waals surface area contributed by atoms with E-state index in [1.165, 1.54) is 6.21 Å². The summed E-state index contributed by atoms with van der Waals surface area (Å²) in [5.41, 5.74) is -0.331. The second kappa shape index (κ2) is 9.42. The van der Waals surface area contributed by atoms with Gasteiger partial charge in [-0.05, 0) is 36.8 Å². The van der Waals surface area contributed by atoms with Crippen molar-refractivity contribution in [3.05, 3.63) is 58.9 Å². The molecule has 0 bridgehead atoms. The van der Waals surface area contributed by atoms with E-state index in [0.717, 1.165) is 12.1 Å². The first-order chi connectivity index (χ1) is 11.2. The van der Waals surface area contributed by atoms with Gasteiger partial charge in [-0.3, -0.25) is 4.99 Å². The van der Waals surface area contributed by atoms with Crippen LogP contribution in [0.15, 0.2) is 41.4 Å². The monoisotopic (exact) mass is 415 g/mol. The molecule has 24 heavy (non-hydrogen) atoms. The maximum atomic E-state index is 13.6. The van der Waals surface area contributed by atoms with Crippen LogP contribution < -0.4 is 0 Å². The van der Waals surface area contributed by atoms with E-state index in [4.69, 9.17) is 18.6 Å². The Hall–Kier alpha value is -1.08. The summed E-state index contributed by atoms with van der Waals surface area (Å²) in [7, 11) is 9.78. The van der Waals surface area contributed by atoms with Crippen LogP contribution in [0.4, 0.5) is 23.2 Å². The van der Waals surface area contributed by atoms with Gasteiger partial charge in [0.05, 0.1) is 11.3 Å². The number of rotatable bonds is 2. The fourth-order valence-corrected chi connectivity index (χ4v) is 1.71. The number of aryl methyl sites for hydroxylation is 1. The molecule has 9 heteroatoms. The number of alkyl halides is 3. The number of aromatic hydroxyl groups is 1. The third-order valence-corrected chi connectivity index (χ3v) is 2.89. The van der Waals surface area contributed by atoms with Gasteiger partial charge < -0.3 is 5.11 Å². The van der Waals surface area contributed by atoms with Gasteiger partial charge in [0.2, 0.25) is 0 Å². The van der Waals surface area contributed by atoms with Crippen molar-refractivity contribution in [3.63, 3.8) is 0 Å². The average molecular weight is 416 g/mol. The van der Waals surface area contributed by atoms with Gasteiger partial charge >= 0.3 is 41.8 Å². The average Bonchev–Trinajstić information content (AvgIpc) is 2.49. The van der Waals surface area contributed by atoms with E-state index < -0.39 is 34.6 Å².